The first-order valence-electron chi connectivity index (χ1n) is 10.2. The molecule has 0 fully saturated rings. The number of benzene rings is 4. The number of fused-ring (bicyclic) bond motifs is 3. The van der Waals surface area contributed by atoms with Crippen molar-refractivity contribution in [3.05, 3.63) is 89.5 Å². The average molecular weight is 510 g/mol. The summed E-state index contributed by atoms with van der Waals surface area (Å²) in [4.78, 5) is 0. The van der Waals surface area contributed by atoms with Crippen LogP contribution in [0.2, 0.25) is 0 Å². The number of rotatable bonds is 4. The minimum absolute atomic E-state index is 0. The molecule has 0 spiro atoms. The number of hydrogen-bond acceptors (Lipinski definition) is 0. The molecule has 0 radical (unpaired) electrons. The van der Waals surface area contributed by atoms with Gasteiger partial charge in [-0.15, -0.1) is 0 Å². The van der Waals surface area contributed by atoms with Crippen LogP contribution in [0.5, 0.6) is 0 Å². The molecule has 1 aliphatic rings. The third-order valence-electron chi connectivity index (χ3n) is 6.01. The van der Waals surface area contributed by atoms with Crippen molar-refractivity contribution < 1.29 is 49.5 Å². The fourth-order valence-electron chi connectivity index (χ4n) is 4.58. The SMILES string of the molecule is CCCCC1=Cc2c(-c3c4ccccc4cc4ccccc34)cccc2[CH]1[Zr+2].[Cl-].[Cl-]. The molecule has 4 aromatic carbocycles. The Bertz CT molecular complexity index is 1170. The zero-order valence-electron chi connectivity index (χ0n) is 17.0. The predicted octanol–water partition coefficient (Wildman–Crippen LogP) is 1.84. The third kappa shape index (κ3) is 3.93. The molecule has 0 amide bonds. The molecular weight excluding hydrogens is 486 g/mol. The van der Waals surface area contributed by atoms with Gasteiger partial charge in [0.1, 0.15) is 0 Å². The van der Waals surface area contributed by atoms with Gasteiger partial charge in [-0.1, -0.05) is 0 Å². The molecule has 5 rings (SSSR count). The fourth-order valence-corrected chi connectivity index (χ4v) is 5.76. The summed E-state index contributed by atoms with van der Waals surface area (Å²) in [6.45, 7) is 2.29. The molecule has 1 unspecified atom stereocenters. The van der Waals surface area contributed by atoms with Crippen molar-refractivity contribution in [1.29, 1.82) is 0 Å². The van der Waals surface area contributed by atoms with Crippen molar-refractivity contribution in [2.45, 2.75) is 29.8 Å². The molecule has 0 bridgehead atoms. The maximum atomic E-state index is 2.51. The molecule has 30 heavy (non-hydrogen) atoms. The van der Waals surface area contributed by atoms with Crippen LogP contribution >= 0.6 is 0 Å². The number of halogens is 2. The summed E-state index contributed by atoms with van der Waals surface area (Å²) in [5.41, 5.74) is 7.40. The van der Waals surface area contributed by atoms with Gasteiger partial charge in [-0.25, -0.2) is 0 Å². The van der Waals surface area contributed by atoms with Crippen LogP contribution in [0.4, 0.5) is 0 Å². The molecule has 3 heteroatoms. The second-order valence-electron chi connectivity index (χ2n) is 7.76. The summed E-state index contributed by atoms with van der Waals surface area (Å²) >= 11 is 1.61. The Morgan fingerprint density at radius 1 is 0.800 bits per heavy atom. The van der Waals surface area contributed by atoms with Crippen molar-refractivity contribution in [3.8, 4) is 11.1 Å². The van der Waals surface area contributed by atoms with E-state index in [0.717, 1.165) is 0 Å². The van der Waals surface area contributed by atoms with Gasteiger partial charge in [-0.3, -0.25) is 0 Å². The molecular formula is C27H23Cl2Zr. The summed E-state index contributed by atoms with van der Waals surface area (Å²) in [7, 11) is 0. The molecule has 0 aliphatic heterocycles. The van der Waals surface area contributed by atoms with Crippen LogP contribution in [0.1, 0.15) is 40.9 Å². The van der Waals surface area contributed by atoms with Gasteiger partial charge in [-0.2, -0.15) is 0 Å². The molecule has 0 saturated carbocycles. The first-order chi connectivity index (χ1) is 13.8. The average Bonchev–Trinajstić information content (AvgIpc) is 3.06. The van der Waals surface area contributed by atoms with Gasteiger partial charge in [0.15, 0.2) is 0 Å². The quantitative estimate of drug-likeness (QED) is 0.369. The van der Waals surface area contributed by atoms with E-state index in [4.69, 9.17) is 0 Å². The third-order valence-corrected chi connectivity index (χ3v) is 7.69. The van der Waals surface area contributed by atoms with E-state index < -0.39 is 0 Å². The van der Waals surface area contributed by atoms with E-state index in [1.54, 1.807) is 30.3 Å². The van der Waals surface area contributed by atoms with Gasteiger partial charge in [0.25, 0.3) is 0 Å². The van der Waals surface area contributed by atoms with Crippen LogP contribution in [-0.4, -0.2) is 0 Å². The zero-order chi connectivity index (χ0) is 19.1. The molecule has 1 atom stereocenters. The van der Waals surface area contributed by atoms with Crippen LogP contribution in [-0.2, 0) is 24.7 Å². The van der Waals surface area contributed by atoms with Crippen molar-refractivity contribution in [1.82, 2.24) is 0 Å². The minimum Gasteiger partial charge on any atom is -1.00 e. The predicted molar refractivity (Wildman–Crippen MR) is 117 cm³/mol. The first-order valence-corrected chi connectivity index (χ1v) is 11.6. The maximum absolute atomic E-state index is 2.51. The van der Waals surface area contributed by atoms with E-state index in [0.29, 0.717) is 3.63 Å². The van der Waals surface area contributed by atoms with E-state index in [9.17, 15) is 0 Å². The second kappa shape index (κ2) is 9.82. The number of allylic oxidation sites excluding steroid dienone is 1. The van der Waals surface area contributed by atoms with E-state index >= 15 is 0 Å². The van der Waals surface area contributed by atoms with Crippen molar-refractivity contribution in [2.75, 3.05) is 0 Å². The van der Waals surface area contributed by atoms with E-state index in [-0.39, 0.29) is 24.8 Å². The Morgan fingerprint density at radius 2 is 1.43 bits per heavy atom. The Labute approximate surface area is 206 Å². The molecule has 0 saturated heterocycles. The van der Waals surface area contributed by atoms with Gasteiger partial charge in [0.05, 0.1) is 0 Å². The molecule has 1 aliphatic carbocycles. The molecule has 0 heterocycles. The van der Waals surface area contributed by atoms with Crippen molar-refractivity contribution >= 4 is 27.6 Å². The second-order valence-corrected chi connectivity index (χ2v) is 9.18. The van der Waals surface area contributed by atoms with Gasteiger partial charge in [0.2, 0.25) is 0 Å². The van der Waals surface area contributed by atoms with Crippen molar-refractivity contribution in [3.63, 3.8) is 0 Å². The van der Waals surface area contributed by atoms with Crippen LogP contribution in [0.25, 0.3) is 38.7 Å². The number of unbranched alkanes of at least 4 members (excludes halogenated alkanes) is 1. The number of hydrogen-bond donors (Lipinski definition) is 0. The van der Waals surface area contributed by atoms with Crippen LogP contribution in [0.15, 0.2) is 78.4 Å². The molecule has 0 nitrogen and oxygen atoms in total. The summed E-state index contributed by atoms with van der Waals surface area (Å²) in [6.07, 6.45) is 6.29. The van der Waals surface area contributed by atoms with Crippen LogP contribution < -0.4 is 24.8 Å². The minimum atomic E-state index is 0. The smallest absolute Gasteiger partial charge is 1.00 e. The topological polar surface area (TPSA) is 0 Å². The monoisotopic (exact) mass is 507 g/mol. The normalized spacial score (nSPS) is 14.8. The summed E-state index contributed by atoms with van der Waals surface area (Å²) in [5, 5.41) is 5.35. The Balaban J connectivity index is 0.00000128. The summed E-state index contributed by atoms with van der Waals surface area (Å²) in [5.74, 6) is 0. The van der Waals surface area contributed by atoms with E-state index in [1.165, 1.54) is 63.1 Å². The Hall–Kier alpha value is -1.40. The van der Waals surface area contributed by atoms with Crippen molar-refractivity contribution in [2.24, 2.45) is 0 Å². The zero-order valence-corrected chi connectivity index (χ0v) is 20.9. The van der Waals surface area contributed by atoms with E-state index in [2.05, 4.69) is 85.8 Å². The maximum Gasteiger partial charge on any atom is -1.00 e. The van der Waals surface area contributed by atoms with Gasteiger partial charge >= 0.3 is 183 Å². The Morgan fingerprint density at radius 3 is 2.07 bits per heavy atom. The van der Waals surface area contributed by atoms with Gasteiger partial charge in [0, 0.05) is 0 Å². The molecule has 149 valence electrons. The van der Waals surface area contributed by atoms with Crippen LogP contribution in [0.3, 0.4) is 0 Å². The molecule has 0 N–H and O–H groups in total. The molecule has 0 aromatic heterocycles. The van der Waals surface area contributed by atoms with E-state index in [1.807, 2.05) is 0 Å². The van der Waals surface area contributed by atoms with Crippen LogP contribution in [0, 0.1) is 0 Å². The Kier molecular flexibility index (Phi) is 7.62. The largest absolute Gasteiger partial charge is 1.00 e. The fraction of sp³-hybridized carbons (Fsp3) is 0.185. The van der Waals surface area contributed by atoms with Gasteiger partial charge in [-0.05, 0) is 0 Å². The van der Waals surface area contributed by atoms with Gasteiger partial charge < -0.3 is 24.8 Å². The molecule has 4 aromatic rings. The first kappa shape index (κ1) is 23.3. The summed E-state index contributed by atoms with van der Waals surface area (Å²) in [6, 6.07) is 26.9. The standard InChI is InChI=1S/C27H23.2ClH.Zr/c1-2-3-9-19-16-20-12-8-15-25(26(20)17-19)27-23-13-6-4-10-21(23)18-22-11-5-7-14-24(22)27;;;/h4-8,10-18H,2-3,9H2,1H3;2*1H;/q;;;+2/p-2. The summed E-state index contributed by atoms with van der Waals surface area (Å²) < 4.78 is 0.620.